The third-order valence-corrected chi connectivity index (χ3v) is 6.09. The van der Waals surface area contributed by atoms with Gasteiger partial charge in [0.2, 0.25) is 17.7 Å². The van der Waals surface area contributed by atoms with Gasteiger partial charge >= 0.3 is 0 Å². The van der Waals surface area contributed by atoms with Gasteiger partial charge in [-0.05, 0) is 37.3 Å². The van der Waals surface area contributed by atoms with E-state index in [1.807, 2.05) is 36.4 Å². The summed E-state index contributed by atoms with van der Waals surface area (Å²) in [7, 11) is 0. The summed E-state index contributed by atoms with van der Waals surface area (Å²) < 4.78 is 0. The van der Waals surface area contributed by atoms with Gasteiger partial charge in [-0.25, -0.2) is 0 Å². The molecule has 1 saturated carbocycles. The van der Waals surface area contributed by atoms with Crippen molar-refractivity contribution in [3.63, 3.8) is 0 Å². The van der Waals surface area contributed by atoms with Gasteiger partial charge in [-0.15, -0.1) is 0 Å². The van der Waals surface area contributed by atoms with Crippen molar-refractivity contribution < 1.29 is 14.4 Å². The molecule has 1 heterocycles. The van der Waals surface area contributed by atoms with Crippen molar-refractivity contribution in [2.45, 2.75) is 44.9 Å². The Hall–Kier alpha value is -2.63. The smallest absolute Gasteiger partial charge is 0.246 e. The minimum atomic E-state index is -0.0683. The zero-order valence-electron chi connectivity index (χ0n) is 17.6. The zero-order chi connectivity index (χ0) is 21.2. The number of nitrogens with one attached hydrogen (secondary N) is 2. The van der Waals surface area contributed by atoms with Crippen molar-refractivity contribution in [3.05, 3.63) is 42.0 Å². The largest absolute Gasteiger partial charge is 0.354 e. The molecule has 0 aromatic heterocycles. The van der Waals surface area contributed by atoms with Crippen LogP contribution in [0.3, 0.4) is 0 Å². The van der Waals surface area contributed by atoms with Gasteiger partial charge in [-0.1, -0.05) is 49.6 Å². The Kier molecular flexibility index (Phi) is 8.48. The first-order chi connectivity index (χ1) is 14.6. The molecule has 0 radical (unpaired) electrons. The molecular weight excluding hydrogens is 378 g/mol. The molecule has 0 unspecified atom stereocenters. The highest BCUT2D eigenvalue weighted by atomic mass is 16.2. The first-order valence-corrected chi connectivity index (χ1v) is 11.2. The van der Waals surface area contributed by atoms with E-state index in [0.29, 0.717) is 39.0 Å². The van der Waals surface area contributed by atoms with E-state index in [2.05, 4.69) is 10.6 Å². The van der Waals surface area contributed by atoms with E-state index in [4.69, 9.17) is 0 Å². The molecule has 0 bridgehead atoms. The van der Waals surface area contributed by atoms with E-state index < -0.39 is 0 Å². The van der Waals surface area contributed by atoms with Crippen LogP contribution in [0.2, 0.25) is 0 Å². The van der Waals surface area contributed by atoms with Gasteiger partial charge in [0.15, 0.2) is 0 Å². The second-order valence-corrected chi connectivity index (χ2v) is 8.26. The third-order valence-electron chi connectivity index (χ3n) is 6.09. The summed E-state index contributed by atoms with van der Waals surface area (Å²) in [5, 5.41) is 5.88. The van der Waals surface area contributed by atoms with Crippen LogP contribution in [0.5, 0.6) is 0 Å². The second kappa shape index (κ2) is 11.5. The number of amides is 3. The number of carbonyl (C=O) groups is 3. The van der Waals surface area contributed by atoms with Gasteiger partial charge in [0.05, 0.1) is 0 Å². The summed E-state index contributed by atoms with van der Waals surface area (Å²) in [6.45, 7) is 2.11. The van der Waals surface area contributed by atoms with Gasteiger partial charge in [-0.3, -0.25) is 14.4 Å². The lowest BCUT2D eigenvalue weighted by molar-refractivity contribution is -0.132. The molecule has 6 heteroatoms. The van der Waals surface area contributed by atoms with Crippen molar-refractivity contribution in [1.82, 2.24) is 15.5 Å². The van der Waals surface area contributed by atoms with Crippen LogP contribution in [0, 0.1) is 11.8 Å². The molecule has 1 aliphatic heterocycles. The lowest BCUT2D eigenvalue weighted by Gasteiger charge is -2.30. The monoisotopic (exact) mass is 411 g/mol. The molecule has 1 aromatic rings. The molecule has 0 atom stereocenters. The zero-order valence-corrected chi connectivity index (χ0v) is 17.6. The van der Waals surface area contributed by atoms with Gasteiger partial charge in [0.1, 0.15) is 0 Å². The summed E-state index contributed by atoms with van der Waals surface area (Å²) in [5.74, 6) is 0.213. The number of nitrogens with zero attached hydrogens (tertiary/aromatic N) is 1. The van der Waals surface area contributed by atoms with Crippen molar-refractivity contribution >= 4 is 23.8 Å². The lowest BCUT2D eigenvalue weighted by atomic mass is 9.89. The normalized spacial score (nSPS) is 18.3. The van der Waals surface area contributed by atoms with Crippen LogP contribution in [0.15, 0.2) is 36.4 Å². The Balaban J connectivity index is 1.31. The summed E-state index contributed by atoms with van der Waals surface area (Å²) >= 11 is 0. The molecule has 1 aromatic carbocycles. The topological polar surface area (TPSA) is 78.5 Å². The fraction of sp³-hybridized carbons (Fsp3) is 0.542. The summed E-state index contributed by atoms with van der Waals surface area (Å²) in [6.07, 6.45) is 10.2. The molecule has 0 spiro atoms. The Morgan fingerprint density at radius 3 is 2.00 bits per heavy atom. The Labute approximate surface area is 179 Å². The molecule has 1 aliphatic carbocycles. The molecule has 3 rings (SSSR count). The van der Waals surface area contributed by atoms with Crippen LogP contribution in [-0.4, -0.2) is 48.8 Å². The van der Waals surface area contributed by atoms with E-state index in [-0.39, 0.29) is 29.6 Å². The molecule has 30 heavy (non-hydrogen) atoms. The predicted octanol–water partition coefficient (Wildman–Crippen LogP) is 2.75. The Morgan fingerprint density at radius 2 is 1.40 bits per heavy atom. The van der Waals surface area contributed by atoms with E-state index in [9.17, 15) is 14.4 Å². The number of rotatable bonds is 7. The average molecular weight is 412 g/mol. The standard InChI is InChI=1S/C24H33N3O3/c28-22(12-11-19-7-3-1-4-8-19)27-17-13-21(14-18-27)24(30)26-16-15-25-23(29)20-9-5-2-6-10-20/h1,3-4,7-8,11-12,20-21H,2,5-6,9-10,13-18H2,(H,25,29)(H,26,30)/b12-11+. The predicted molar refractivity (Wildman–Crippen MR) is 117 cm³/mol. The summed E-state index contributed by atoms with van der Waals surface area (Å²) in [4.78, 5) is 38.7. The Bertz CT molecular complexity index is 733. The maximum atomic E-state index is 12.4. The molecular formula is C24H33N3O3. The molecule has 2 N–H and O–H groups in total. The second-order valence-electron chi connectivity index (χ2n) is 8.26. The van der Waals surface area contributed by atoms with Crippen LogP contribution in [0.1, 0.15) is 50.5 Å². The lowest BCUT2D eigenvalue weighted by Crippen LogP contribution is -2.44. The van der Waals surface area contributed by atoms with Gasteiger partial charge in [0, 0.05) is 44.1 Å². The highest BCUT2D eigenvalue weighted by Crippen LogP contribution is 2.23. The van der Waals surface area contributed by atoms with Crippen LogP contribution in [-0.2, 0) is 14.4 Å². The first-order valence-electron chi connectivity index (χ1n) is 11.2. The molecule has 3 amide bonds. The van der Waals surface area contributed by atoms with E-state index in [0.717, 1.165) is 31.2 Å². The highest BCUT2D eigenvalue weighted by molar-refractivity contribution is 5.92. The maximum Gasteiger partial charge on any atom is 0.246 e. The fourth-order valence-corrected chi connectivity index (χ4v) is 4.22. The van der Waals surface area contributed by atoms with Crippen LogP contribution < -0.4 is 10.6 Å². The molecule has 6 nitrogen and oxygen atoms in total. The van der Waals surface area contributed by atoms with Gasteiger partial charge < -0.3 is 15.5 Å². The van der Waals surface area contributed by atoms with Crippen molar-refractivity contribution in [3.8, 4) is 0 Å². The number of likely N-dealkylation sites (tertiary alicyclic amines) is 1. The number of carbonyl (C=O) groups excluding carboxylic acids is 3. The minimum absolute atomic E-state index is 0.0110. The SMILES string of the molecule is O=C(NCCNC(=O)C1CCN(C(=O)/C=C/c2ccccc2)CC1)C1CCCCC1. The number of benzene rings is 1. The van der Waals surface area contributed by atoms with Crippen LogP contribution in [0.4, 0.5) is 0 Å². The van der Waals surface area contributed by atoms with Crippen molar-refractivity contribution in [2.24, 2.45) is 11.8 Å². The van der Waals surface area contributed by atoms with Crippen molar-refractivity contribution in [2.75, 3.05) is 26.2 Å². The summed E-state index contributed by atoms with van der Waals surface area (Å²) in [5.41, 5.74) is 0.996. The van der Waals surface area contributed by atoms with Crippen LogP contribution >= 0.6 is 0 Å². The average Bonchev–Trinajstić information content (AvgIpc) is 2.81. The van der Waals surface area contributed by atoms with E-state index in [1.54, 1.807) is 11.0 Å². The summed E-state index contributed by atoms with van der Waals surface area (Å²) in [6, 6.07) is 9.74. The number of piperidine rings is 1. The first kappa shape index (κ1) is 22.1. The van der Waals surface area contributed by atoms with Gasteiger partial charge in [-0.2, -0.15) is 0 Å². The number of hydrogen-bond donors (Lipinski definition) is 2. The minimum Gasteiger partial charge on any atom is -0.354 e. The fourth-order valence-electron chi connectivity index (χ4n) is 4.22. The molecule has 2 fully saturated rings. The number of hydrogen-bond acceptors (Lipinski definition) is 3. The van der Waals surface area contributed by atoms with E-state index >= 15 is 0 Å². The molecule has 162 valence electrons. The third kappa shape index (κ3) is 6.71. The Morgan fingerprint density at radius 1 is 0.833 bits per heavy atom. The van der Waals surface area contributed by atoms with Crippen molar-refractivity contribution in [1.29, 1.82) is 0 Å². The quantitative estimate of drug-likeness (QED) is 0.535. The molecule has 2 aliphatic rings. The van der Waals surface area contributed by atoms with Gasteiger partial charge in [0.25, 0.3) is 0 Å². The van der Waals surface area contributed by atoms with E-state index in [1.165, 1.54) is 6.42 Å². The van der Waals surface area contributed by atoms with Crippen LogP contribution in [0.25, 0.3) is 6.08 Å². The maximum absolute atomic E-state index is 12.4. The highest BCUT2D eigenvalue weighted by Gasteiger charge is 2.26. The molecule has 1 saturated heterocycles.